The van der Waals surface area contributed by atoms with Crippen LogP contribution < -0.4 is 4.74 Å². The van der Waals surface area contributed by atoms with Gasteiger partial charge in [-0.05, 0) is 25.5 Å². The Kier molecular flexibility index (Phi) is 6.01. The molecule has 0 aliphatic heterocycles. The van der Waals surface area contributed by atoms with Crippen LogP contribution in [0.5, 0.6) is 5.75 Å². The van der Waals surface area contributed by atoms with Gasteiger partial charge in [0.1, 0.15) is 11.9 Å². The number of benzene rings is 1. The molecule has 20 heavy (non-hydrogen) atoms. The number of hydrogen-bond acceptors (Lipinski definition) is 3. The molecule has 0 spiro atoms. The van der Waals surface area contributed by atoms with E-state index in [1.807, 2.05) is 6.92 Å². The van der Waals surface area contributed by atoms with Gasteiger partial charge < -0.3 is 9.47 Å². The molecule has 0 heterocycles. The molecule has 1 atom stereocenters. The minimum absolute atomic E-state index is 0.114. The van der Waals surface area contributed by atoms with E-state index < -0.39 is 24.0 Å². The van der Waals surface area contributed by atoms with Crippen LogP contribution in [0.15, 0.2) is 24.3 Å². The number of carbonyl (C=O) groups is 1. The van der Waals surface area contributed by atoms with Crippen molar-refractivity contribution in [1.29, 1.82) is 0 Å². The maximum absolute atomic E-state index is 12.3. The van der Waals surface area contributed by atoms with Crippen molar-refractivity contribution >= 4 is 5.78 Å². The fourth-order valence-corrected chi connectivity index (χ4v) is 1.81. The molecule has 0 bridgehead atoms. The van der Waals surface area contributed by atoms with E-state index >= 15 is 0 Å². The highest BCUT2D eigenvalue weighted by molar-refractivity contribution is 6.01. The van der Waals surface area contributed by atoms with Gasteiger partial charge in [-0.1, -0.05) is 25.5 Å². The highest BCUT2D eigenvalue weighted by Crippen LogP contribution is 2.28. The van der Waals surface area contributed by atoms with E-state index in [-0.39, 0.29) is 5.56 Å². The van der Waals surface area contributed by atoms with E-state index in [1.54, 1.807) is 6.92 Å². The normalized spacial score (nSPS) is 13.1. The fourth-order valence-electron chi connectivity index (χ4n) is 1.81. The van der Waals surface area contributed by atoms with Crippen LogP contribution in [0.2, 0.25) is 0 Å². The van der Waals surface area contributed by atoms with Crippen LogP contribution in [0.3, 0.4) is 0 Å². The third-order valence-electron chi connectivity index (χ3n) is 2.59. The number of rotatable bonds is 7. The van der Waals surface area contributed by atoms with E-state index in [9.17, 15) is 18.0 Å². The Hall–Kier alpha value is -1.56. The monoisotopic (exact) mass is 290 g/mol. The van der Waals surface area contributed by atoms with E-state index in [0.717, 1.165) is 6.07 Å². The summed E-state index contributed by atoms with van der Waals surface area (Å²) >= 11 is 0. The number of ketones is 1. The number of ether oxygens (including phenoxy) is 2. The minimum atomic E-state index is -4.83. The van der Waals surface area contributed by atoms with Gasteiger partial charge in [0.25, 0.3) is 0 Å². The van der Waals surface area contributed by atoms with Gasteiger partial charge in [0, 0.05) is 6.61 Å². The number of carbonyl (C=O) groups excluding carboxylic acids is 1. The molecule has 1 aromatic carbocycles. The van der Waals surface area contributed by atoms with Gasteiger partial charge in [0.15, 0.2) is 5.78 Å². The van der Waals surface area contributed by atoms with Gasteiger partial charge in [-0.2, -0.15) is 0 Å². The maximum atomic E-state index is 12.3. The van der Waals surface area contributed by atoms with Gasteiger partial charge in [-0.25, -0.2) is 0 Å². The van der Waals surface area contributed by atoms with Gasteiger partial charge in [0.05, 0.1) is 5.56 Å². The largest absolute Gasteiger partial charge is 0.573 e. The maximum Gasteiger partial charge on any atom is 0.573 e. The van der Waals surface area contributed by atoms with Crippen LogP contribution in [0.1, 0.15) is 37.0 Å². The molecule has 0 amide bonds. The topological polar surface area (TPSA) is 35.5 Å². The summed E-state index contributed by atoms with van der Waals surface area (Å²) in [6.45, 7) is 3.92. The van der Waals surface area contributed by atoms with Crippen molar-refractivity contribution in [2.45, 2.75) is 39.2 Å². The minimum Gasteiger partial charge on any atom is -0.405 e. The second kappa shape index (κ2) is 7.28. The Morgan fingerprint density at radius 3 is 2.45 bits per heavy atom. The third-order valence-corrected chi connectivity index (χ3v) is 2.59. The molecule has 0 radical (unpaired) electrons. The van der Waals surface area contributed by atoms with Crippen LogP contribution in [0.25, 0.3) is 0 Å². The standard InChI is InChI=1S/C14H17F3O3/c1-3-7-12(19-4-2)13(18)10-8-5-6-9-11(10)20-14(15,16)17/h5-6,8-9,12H,3-4,7H2,1-2H3. The molecule has 0 N–H and O–H groups in total. The summed E-state index contributed by atoms with van der Waals surface area (Å²) in [5, 5.41) is 0. The molecule has 1 aromatic rings. The molecule has 0 aliphatic rings. The van der Waals surface area contributed by atoms with Crippen LogP contribution in [-0.4, -0.2) is 24.9 Å². The molecule has 0 fully saturated rings. The van der Waals surface area contributed by atoms with Gasteiger partial charge >= 0.3 is 6.36 Å². The summed E-state index contributed by atoms with van der Waals surface area (Å²) in [7, 11) is 0. The van der Waals surface area contributed by atoms with Crippen molar-refractivity contribution in [3.05, 3.63) is 29.8 Å². The van der Waals surface area contributed by atoms with Gasteiger partial charge in [-0.3, -0.25) is 4.79 Å². The lowest BCUT2D eigenvalue weighted by atomic mass is 10.0. The second-order valence-corrected chi connectivity index (χ2v) is 4.14. The first-order chi connectivity index (χ1) is 9.39. The molecular formula is C14H17F3O3. The number of alkyl halides is 3. The lowest BCUT2D eigenvalue weighted by Crippen LogP contribution is -2.26. The predicted octanol–water partition coefficient (Wildman–Crippen LogP) is 3.97. The Morgan fingerprint density at radius 2 is 1.90 bits per heavy atom. The van der Waals surface area contributed by atoms with Crippen LogP contribution in [0.4, 0.5) is 13.2 Å². The lowest BCUT2D eigenvalue weighted by molar-refractivity contribution is -0.274. The molecule has 0 saturated heterocycles. The first kappa shape index (κ1) is 16.5. The van der Waals surface area contributed by atoms with Crippen molar-refractivity contribution in [1.82, 2.24) is 0 Å². The molecule has 0 saturated carbocycles. The average Bonchev–Trinajstić information content (AvgIpc) is 2.36. The zero-order valence-corrected chi connectivity index (χ0v) is 11.4. The Balaban J connectivity index is 3.02. The first-order valence-corrected chi connectivity index (χ1v) is 6.39. The van der Waals surface area contributed by atoms with Crippen LogP contribution >= 0.6 is 0 Å². The SMILES string of the molecule is CCCC(OCC)C(=O)c1ccccc1OC(F)(F)F. The smallest absolute Gasteiger partial charge is 0.405 e. The zero-order chi connectivity index (χ0) is 15.2. The summed E-state index contributed by atoms with van der Waals surface area (Å²) in [5.41, 5.74) is -0.114. The van der Waals surface area contributed by atoms with E-state index in [0.29, 0.717) is 19.4 Å². The third kappa shape index (κ3) is 4.85. The van der Waals surface area contributed by atoms with Crippen molar-refractivity contribution in [2.75, 3.05) is 6.61 Å². The molecule has 0 aliphatic carbocycles. The summed E-state index contributed by atoms with van der Waals surface area (Å²) < 4.78 is 46.1. The summed E-state index contributed by atoms with van der Waals surface area (Å²) in [4.78, 5) is 12.3. The van der Waals surface area contributed by atoms with E-state index in [1.165, 1.54) is 18.2 Å². The van der Waals surface area contributed by atoms with Crippen LogP contribution in [-0.2, 0) is 4.74 Å². The predicted molar refractivity (Wildman–Crippen MR) is 67.8 cm³/mol. The van der Waals surface area contributed by atoms with E-state index in [4.69, 9.17) is 4.74 Å². The molecule has 1 rings (SSSR count). The molecule has 1 unspecified atom stereocenters. The van der Waals surface area contributed by atoms with Gasteiger partial charge in [0.2, 0.25) is 0 Å². The molecule has 6 heteroatoms. The highest BCUT2D eigenvalue weighted by atomic mass is 19.4. The summed E-state index contributed by atoms with van der Waals surface area (Å²) in [5.74, 6) is -0.987. The number of halogens is 3. The number of para-hydroxylation sites is 1. The van der Waals surface area contributed by atoms with E-state index in [2.05, 4.69) is 4.74 Å². The Labute approximate surface area is 115 Å². The summed E-state index contributed by atoms with van der Waals surface area (Å²) in [6.07, 6.45) is -4.43. The molecule has 3 nitrogen and oxygen atoms in total. The molecular weight excluding hydrogens is 273 g/mol. The quantitative estimate of drug-likeness (QED) is 0.713. The summed E-state index contributed by atoms with van der Waals surface area (Å²) in [6, 6.07) is 5.31. The van der Waals surface area contributed by atoms with Crippen molar-refractivity contribution in [3.63, 3.8) is 0 Å². The van der Waals surface area contributed by atoms with Crippen molar-refractivity contribution in [3.8, 4) is 5.75 Å². The Morgan fingerprint density at radius 1 is 1.25 bits per heavy atom. The second-order valence-electron chi connectivity index (χ2n) is 4.14. The Bertz CT molecular complexity index is 438. The first-order valence-electron chi connectivity index (χ1n) is 6.39. The van der Waals surface area contributed by atoms with Crippen molar-refractivity contribution < 1.29 is 27.4 Å². The lowest BCUT2D eigenvalue weighted by Gasteiger charge is -2.18. The average molecular weight is 290 g/mol. The van der Waals surface area contributed by atoms with Crippen LogP contribution in [0, 0.1) is 0 Å². The molecule has 0 aromatic heterocycles. The molecule has 112 valence electrons. The highest BCUT2D eigenvalue weighted by Gasteiger charge is 2.33. The number of Topliss-reactive ketones (excluding diaryl/α,β-unsaturated/α-hetero) is 1. The van der Waals surface area contributed by atoms with Gasteiger partial charge in [-0.15, -0.1) is 13.2 Å². The zero-order valence-electron chi connectivity index (χ0n) is 11.4. The van der Waals surface area contributed by atoms with Crippen molar-refractivity contribution in [2.24, 2.45) is 0 Å². The number of hydrogen-bond donors (Lipinski definition) is 0. The fraction of sp³-hybridized carbons (Fsp3) is 0.500.